The summed E-state index contributed by atoms with van der Waals surface area (Å²) in [6.45, 7) is 4.21. The number of aryl methyl sites for hydroxylation is 1. The molecule has 0 spiro atoms. The second-order valence-corrected chi connectivity index (χ2v) is 4.01. The zero-order valence-corrected chi connectivity index (χ0v) is 10.5. The van der Waals surface area contributed by atoms with Crippen molar-refractivity contribution >= 4 is 5.95 Å². The van der Waals surface area contributed by atoms with Crippen LogP contribution in [0.4, 0.5) is 19.1 Å². The van der Waals surface area contributed by atoms with Gasteiger partial charge in [0, 0.05) is 18.3 Å². The van der Waals surface area contributed by atoms with E-state index in [2.05, 4.69) is 15.3 Å². The molecular formula is C13H12F3N3. The van der Waals surface area contributed by atoms with Crippen molar-refractivity contribution in [2.24, 2.45) is 0 Å². The van der Waals surface area contributed by atoms with Gasteiger partial charge < -0.3 is 5.32 Å². The molecule has 0 fully saturated rings. The quantitative estimate of drug-likeness (QED) is 0.867. The van der Waals surface area contributed by atoms with Crippen LogP contribution < -0.4 is 5.32 Å². The van der Waals surface area contributed by atoms with Crippen LogP contribution in [0.1, 0.15) is 12.5 Å². The van der Waals surface area contributed by atoms with Crippen molar-refractivity contribution in [1.29, 1.82) is 0 Å². The van der Waals surface area contributed by atoms with Gasteiger partial charge in [0.15, 0.2) is 17.5 Å². The van der Waals surface area contributed by atoms with Gasteiger partial charge in [-0.15, -0.1) is 0 Å². The van der Waals surface area contributed by atoms with Crippen LogP contribution >= 0.6 is 0 Å². The number of hydrogen-bond acceptors (Lipinski definition) is 3. The van der Waals surface area contributed by atoms with Crippen molar-refractivity contribution in [2.75, 3.05) is 11.9 Å². The average Bonchev–Trinajstić information content (AvgIpc) is 2.38. The summed E-state index contributed by atoms with van der Waals surface area (Å²) in [6.07, 6.45) is 1.54. The van der Waals surface area contributed by atoms with Gasteiger partial charge in [-0.1, -0.05) is 0 Å². The highest BCUT2D eigenvalue weighted by atomic mass is 19.2. The molecule has 0 amide bonds. The Morgan fingerprint density at radius 2 is 1.79 bits per heavy atom. The summed E-state index contributed by atoms with van der Waals surface area (Å²) >= 11 is 0. The molecule has 0 aliphatic rings. The van der Waals surface area contributed by atoms with Gasteiger partial charge in [0.25, 0.3) is 0 Å². The van der Waals surface area contributed by atoms with Crippen LogP contribution in [0, 0.1) is 24.4 Å². The minimum Gasteiger partial charge on any atom is -0.354 e. The molecule has 0 radical (unpaired) electrons. The van der Waals surface area contributed by atoms with E-state index in [0.29, 0.717) is 23.8 Å². The molecule has 0 unspecified atom stereocenters. The first-order valence-electron chi connectivity index (χ1n) is 5.75. The summed E-state index contributed by atoms with van der Waals surface area (Å²) in [7, 11) is 0. The first-order chi connectivity index (χ1) is 9.02. The van der Waals surface area contributed by atoms with E-state index < -0.39 is 17.5 Å². The summed E-state index contributed by atoms with van der Waals surface area (Å²) in [5, 5.41) is 2.90. The summed E-state index contributed by atoms with van der Waals surface area (Å²) < 4.78 is 39.4. The molecule has 0 saturated heterocycles. The van der Waals surface area contributed by atoms with E-state index in [9.17, 15) is 13.2 Å². The summed E-state index contributed by atoms with van der Waals surface area (Å²) in [5.41, 5.74) is 1.19. The standard InChI is InChI=1S/C13H12F3N3/c1-3-17-13-18-6-7(2)12(19-13)8-4-9(14)11(16)10(15)5-8/h4-6H,3H2,1-2H3,(H,17,18,19). The maximum Gasteiger partial charge on any atom is 0.223 e. The molecular weight excluding hydrogens is 255 g/mol. The third-order valence-corrected chi connectivity index (χ3v) is 2.56. The number of anilines is 1. The molecule has 100 valence electrons. The Morgan fingerprint density at radius 1 is 1.16 bits per heavy atom. The lowest BCUT2D eigenvalue weighted by molar-refractivity contribution is 0.447. The van der Waals surface area contributed by atoms with Gasteiger partial charge in [0.2, 0.25) is 5.95 Å². The Morgan fingerprint density at radius 3 is 2.37 bits per heavy atom. The largest absolute Gasteiger partial charge is 0.354 e. The fourth-order valence-corrected chi connectivity index (χ4v) is 1.67. The molecule has 0 aliphatic carbocycles. The van der Waals surface area contributed by atoms with Crippen molar-refractivity contribution in [3.05, 3.63) is 41.3 Å². The molecule has 2 aromatic rings. The van der Waals surface area contributed by atoms with Crippen LogP contribution in [0.3, 0.4) is 0 Å². The predicted octanol–water partition coefficient (Wildman–Crippen LogP) is 3.30. The van der Waals surface area contributed by atoms with Crippen LogP contribution in [0.15, 0.2) is 18.3 Å². The molecule has 1 heterocycles. The maximum atomic E-state index is 13.2. The monoisotopic (exact) mass is 267 g/mol. The Kier molecular flexibility index (Phi) is 3.69. The summed E-state index contributed by atoms with van der Waals surface area (Å²) in [4.78, 5) is 8.20. The molecule has 19 heavy (non-hydrogen) atoms. The molecule has 1 aromatic carbocycles. The molecule has 1 N–H and O–H groups in total. The van der Waals surface area contributed by atoms with Crippen LogP contribution in [-0.2, 0) is 0 Å². The van der Waals surface area contributed by atoms with E-state index in [4.69, 9.17) is 0 Å². The Bertz CT molecular complexity index is 591. The number of benzene rings is 1. The van der Waals surface area contributed by atoms with Crippen molar-refractivity contribution < 1.29 is 13.2 Å². The number of halogens is 3. The molecule has 6 heteroatoms. The lowest BCUT2D eigenvalue weighted by Gasteiger charge is -2.08. The van der Waals surface area contributed by atoms with Crippen LogP contribution in [0.5, 0.6) is 0 Å². The smallest absolute Gasteiger partial charge is 0.223 e. The Balaban J connectivity index is 2.54. The lowest BCUT2D eigenvalue weighted by atomic mass is 10.1. The highest BCUT2D eigenvalue weighted by Gasteiger charge is 2.14. The lowest BCUT2D eigenvalue weighted by Crippen LogP contribution is -2.04. The Labute approximate surface area is 108 Å². The highest BCUT2D eigenvalue weighted by Crippen LogP contribution is 2.25. The van der Waals surface area contributed by atoms with E-state index in [1.165, 1.54) is 0 Å². The predicted molar refractivity (Wildman–Crippen MR) is 66.2 cm³/mol. The van der Waals surface area contributed by atoms with Crippen molar-refractivity contribution in [2.45, 2.75) is 13.8 Å². The number of hydrogen-bond donors (Lipinski definition) is 1. The van der Waals surface area contributed by atoms with Crippen molar-refractivity contribution in [3.63, 3.8) is 0 Å². The van der Waals surface area contributed by atoms with E-state index in [1.807, 2.05) is 6.92 Å². The minimum absolute atomic E-state index is 0.176. The van der Waals surface area contributed by atoms with Crippen LogP contribution in [0.25, 0.3) is 11.3 Å². The number of nitrogens with zero attached hydrogens (tertiary/aromatic N) is 2. The third kappa shape index (κ3) is 2.67. The van der Waals surface area contributed by atoms with Gasteiger partial charge in [-0.05, 0) is 31.5 Å². The molecule has 0 atom stereocenters. The van der Waals surface area contributed by atoms with Gasteiger partial charge in [0.1, 0.15) is 0 Å². The summed E-state index contributed by atoms with van der Waals surface area (Å²) in [6, 6.07) is 1.84. The maximum absolute atomic E-state index is 13.2. The molecule has 3 nitrogen and oxygen atoms in total. The first-order valence-corrected chi connectivity index (χ1v) is 5.75. The molecule has 0 aliphatic heterocycles. The molecule has 1 aromatic heterocycles. The second kappa shape index (κ2) is 5.26. The van der Waals surface area contributed by atoms with E-state index in [0.717, 1.165) is 12.1 Å². The topological polar surface area (TPSA) is 37.8 Å². The van der Waals surface area contributed by atoms with Gasteiger partial charge in [-0.2, -0.15) is 0 Å². The zero-order valence-electron chi connectivity index (χ0n) is 10.5. The van der Waals surface area contributed by atoms with Crippen LogP contribution in [0.2, 0.25) is 0 Å². The van der Waals surface area contributed by atoms with Gasteiger partial charge >= 0.3 is 0 Å². The minimum atomic E-state index is -1.48. The SMILES string of the molecule is CCNc1ncc(C)c(-c2cc(F)c(F)c(F)c2)n1. The second-order valence-electron chi connectivity index (χ2n) is 4.01. The number of rotatable bonds is 3. The average molecular weight is 267 g/mol. The van der Waals surface area contributed by atoms with Gasteiger partial charge in [0.05, 0.1) is 5.69 Å². The fraction of sp³-hybridized carbons (Fsp3) is 0.231. The molecule has 2 rings (SSSR count). The number of nitrogens with one attached hydrogen (secondary N) is 1. The third-order valence-electron chi connectivity index (χ3n) is 2.56. The van der Waals surface area contributed by atoms with Gasteiger partial charge in [-0.25, -0.2) is 23.1 Å². The fourth-order valence-electron chi connectivity index (χ4n) is 1.67. The zero-order chi connectivity index (χ0) is 14.0. The van der Waals surface area contributed by atoms with E-state index in [-0.39, 0.29) is 5.56 Å². The summed E-state index contributed by atoms with van der Waals surface area (Å²) in [5.74, 6) is -3.60. The van der Waals surface area contributed by atoms with E-state index >= 15 is 0 Å². The number of aromatic nitrogens is 2. The molecule has 0 bridgehead atoms. The Hall–Kier alpha value is -2.11. The van der Waals surface area contributed by atoms with Crippen molar-refractivity contribution in [3.8, 4) is 11.3 Å². The normalized spacial score (nSPS) is 10.6. The van der Waals surface area contributed by atoms with Gasteiger partial charge in [-0.3, -0.25) is 0 Å². The first kappa shape index (κ1) is 13.3. The van der Waals surface area contributed by atoms with Crippen LogP contribution in [-0.4, -0.2) is 16.5 Å². The van der Waals surface area contributed by atoms with Crippen molar-refractivity contribution in [1.82, 2.24) is 9.97 Å². The van der Waals surface area contributed by atoms with E-state index in [1.54, 1.807) is 13.1 Å². The highest BCUT2D eigenvalue weighted by molar-refractivity contribution is 5.63. The molecule has 0 saturated carbocycles.